The molecule has 0 aromatic heterocycles. The molecule has 2 aliphatic rings. The Morgan fingerprint density at radius 2 is 1.91 bits per heavy atom. The molecule has 2 fully saturated rings. The molecule has 3 rings (SSSR count). The zero-order valence-electron chi connectivity index (χ0n) is 13.6. The highest BCUT2D eigenvalue weighted by molar-refractivity contribution is 7.89. The Balaban J connectivity index is 1.94. The van der Waals surface area contributed by atoms with Gasteiger partial charge in [-0.2, -0.15) is 0 Å². The van der Waals surface area contributed by atoms with E-state index in [0.29, 0.717) is 5.92 Å². The van der Waals surface area contributed by atoms with E-state index in [1.165, 1.54) is 24.3 Å². The van der Waals surface area contributed by atoms with E-state index >= 15 is 0 Å². The molecule has 2 saturated carbocycles. The number of hydrogen-bond acceptors (Lipinski definition) is 4. The lowest BCUT2D eigenvalue weighted by Crippen LogP contribution is -2.46. The molecule has 2 bridgehead atoms. The van der Waals surface area contributed by atoms with Crippen LogP contribution in [0.15, 0.2) is 29.2 Å². The number of nitro groups is 1. The Bertz CT molecular complexity index is 759. The number of para-hydroxylation sites is 1. The zero-order chi connectivity index (χ0) is 17.0. The van der Waals surface area contributed by atoms with Crippen LogP contribution in [0.5, 0.6) is 0 Å². The van der Waals surface area contributed by atoms with Gasteiger partial charge in [-0.05, 0) is 42.1 Å². The maximum absolute atomic E-state index is 12.7. The van der Waals surface area contributed by atoms with Crippen LogP contribution in [0.2, 0.25) is 0 Å². The van der Waals surface area contributed by atoms with Gasteiger partial charge < -0.3 is 0 Å². The summed E-state index contributed by atoms with van der Waals surface area (Å²) in [6, 6.07) is 5.32. The monoisotopic (exact) mass is 338 g/mol. The smallest absolute Gasteiger partial charge is 0.258 e. The van der Waals surface area contributed by atoms with E-state index in [1.54, 1.807) is 0 Å². The lowest BCUT2D eigenvalue weighted by atomic mass is 9.69. The van der Waals surface area contributed by atoms with Crippen LogP contribution in [-0.4, -0.2) is 19.4 Å². The summed E-state index contributed by atoms with van der Waals surface area (Å²) in [5.41, 5.74) is -0.426. The summed E-state index contributed by atoms with van der Waals surface area (Å²) >= 11 is 0. The third kappa shape index (κ3) is 2.29. The number of rotatable bonds is 4. The number of benzene rings is 1. The van der Waals surface area contributed by atoms with E-state index in [0.717, 1.165) is 19.3 Å². The number of nitro benzene ring substituents is 1. The molecular weight excluding hydrogens is 316 g/mol. The molecule has 0 radical (unpaired) electrons. The second kappa shape index (κ2) is 5.01. The van der Waals surface area contributed by atoms with Crippen LogP contribution in [0, 0.1) is 26.9 Å². The minimum Gasteiger partial charge on any atom is -0.258 e. The van der Waals surface area contributed by atoms with Crippen molar-refractivity contribution in [3.05, 3.63) is 34.4 Å². The Morgan fingerprint density at radius 3 is 2.43 bits per heavy atom. The van der Waals surface area contributed by atoms with Gasteiger partial charge >= 0.3 is 0 Å². The van der Waals surface area contributed by atoms with E-state index in [9.17, 15) is 18.5 Å². The minimum absolute atomic E-state index is 0.0722. The number of sulfonamides is 1. The van der Waals surface area contributed by atoms with E-state index < -0.39 is 14.9 Å². The van der Waals surface area contributed by atoms with Crippen LogP contribution in [0.1, 0.15) is 40.0 Å². The fourth-order valence-corrected chi connectivity index (χ4v) is 6.00. The van der Waals surface area contributed by atoms with E-state index in [-0.39, 0.29) is 27.5 Å². The van der Waals surface area contributed by atoms with Crippen LogP contribution in [0.3, 0.4) is 0 Å². The second-order valence-electron chi connectivity index (χ2n) is 7.51. The highest BCUT2D eigenvalue weighted by Gasteiger charge is 2.62. The van der Waals surface area contributed by atoms with Crippen molar-refractivity contribution in [2.75, 3.05) is 0 Å². The molecule has 0 saturated heterocycles. The quantitative estimate of drug-likeness (QED) is 0.675. The largest absolute Gasteiger partial charge is 0.289 e. The van der Waals surface area contributed by atoms with Crippen molar-refractivity contribution in [3.8, 4) is 0 Å². The van der Waals surface area contributed by atoms with Crippen molar-refractivity contribution in [1.29, 1.82) is 0 Å². The second-order valence-corrected chi connectivity index (χ2v) is 9.19. The predicted molar refractivity (Wildman–Crippen MR) is 86.4 cm³/mol. The summed E-state index contributed by atoms with van der Waals surface area (Å²) in [5, 5.41) is 11.1. The minimum atomic E-state index is -3.92. The maximum atomic E-state index is 12.7. The summed E-state index contributed by atoms with van der Waals surface area (Å²) in [6.45, 7) is 6.53. The van der Waals surface area contributed by atoms with Gasteiger partial charge in [0.15, 0.2) is 4.90 Å². The molecule has 0 aliphatic heterocycles. The number of nitrogens with zero attached hydrogens (tertiary/aromatic N) is 1. The van der Waals surface area contributed by atoms with E-state index in [1.807, 2.05) is 0 Å². The Hall–Kier alpha value is -1.47. The van der Waals surface area contributed by atoms with Crippen molar-refractivity contribution in [1.82, 2.24) is 4.72 Å². The van der Waals surface area contributed by atoms with Crippen LogP contribution in [0.25, 0.3) is 0 Å². The highest BCUT2D eigenvalue weighted by atomic mass is 32.2. The summed E-state index contributed by atoms with van der Waals surface area (Å²) in [6.07, 6.45) is 2.89. The molecule has 1 N–H and O–H groups in total. The van der Waals surface area contributed by atoms with Gasteiger partial charge in [0.05, 0.1) is 4.92 Å². The van der Waals surface area contributed by atoms with Gasteiger partial charge in [0, 0.05) is 12.1 Å². The molecular formula is C16H22N2O4S. The molecule has 1 aromatic carbocycles. The predicted octanol–water partition coefficient (Wildman–Crippen LogP) is 3.09. The number of nitrogens with one attached hydrogen (secondary N) is 1. The molecule has 0 amide bonds. The molecule has 126 valence electrons. The molecule has 0 heterocycles. The van der Waals surface area contributed by atoms with Gasteiger partial charge in [-0.25, -0.2) is 13.1 Å². The topological polar surface area (TPSA) is 89.3 Å². The van der Waals surface area contributed by atoms with Gasteiger partial charge in [-0.15, -0.1) is 0 Å². The fourth-order valence-electron chi connectivity index (χ4n) is 4.47. The molecule has 1 aromatic rings. The molecule has 23 heavy (non-hydrogen) atoms. The van der Waals surface area contributed by atoms with E-state index in [4.69, 9.17) is 0 Å². The Labute approximate surface area is 136 Å². The first-order chi connectivity index (χ1) is 10.6. The van der Waals surface area contributed by atoms with Gasteiger partial charge in [-0.3, -0.25) is 10.1 Å². The van der Waals surface area contributed by atoms with Gasteiger partial charge in [0.1, 0.15) is 0 Å². The first-order valence-corrected chi connectivity index (χ1v) is 9.34. The molecule has 0 unspecified atom stereocenters. The Kier molecular flexibility index (Phi) is 3.57. The Morgan fingerprint density at radius 1 is 1.26 bits per heavy atom. The van der Waals surface area contributed by atoms with Crippen LogP contribution < -0.4 is 4.72 Å². The van der Waals surface area contributed by atoms with Gasteiger partial charge in [0.2, 0.25) is 10.0 Å². The average Bonchev–Trinajstić information content (AvgIpc) is 2.80. The van der Waals surface area contributed by atoms with Crippen molar-refractivity contribution in [2.45, 2.75) is 51.0 Å². The molecule has 7 heteroatoms. The first kappa shape index (κ1) is 16.4. The van der Waals surface area contributed by atoms with Crippen molar-refractivity contribution < 1.29 is 13.3 Å². The van der Waals surface area contributed by atoms with Crippen LogP contribution in [0.4, 0.5) is 5.69 Å². The molecule has 2 aliphatic carbocycles. The van der Waals surface area contributed by atoms with Crippen molar-refractivity contribution in [2.24, 2.45) is 16.7 Å². The summed E-state index contributed by atoms with van der Waals surface area (Å²) in [7, 11) is -3.92. The standard InChI is InChI=1S/C16H22N2O4S/c1-15(2)11-8-9-16(15,3)14(10-11)17-23(21,22)13-7-5-4-6-12(13)18(19)20/h4-7,11,14,17H,8-10H2,1-3H3/t11-,14+,16+/m1/s1. The normalized spacial score (nSPS) is 32.1. The summed E-state index contributed by atoms with van der Waals surface area (Å²) in [4.78, 5) is 10.2. The maximum Gasteiger partial charge on any atom is 0.289 e. The molecule has 0 spiro atoms. The van der Waals surface area contributed by atoms with Crippen LogP contribution in [-0.2, 0) is 10.0 Å². The zero-order valence-corrected chi connectivity index (χ0v) is 14.4. The molecule has 6 nitrogen and oxygen atoms in total. The van der Waals surface area contributed by atoms with Crippen molar-refractivity contribution in [3.63, 3.8) is 0 Å². The third-order valence-electron chi connectivity index (χ3n) is 6.44. The van der Waals surface area contributed by atoms with Gasteiger partial charge in [-0.1, -0.05) is 32.9 Å². The lowest BCUT2D eigenvalue weighted by molar-refractivity contribution is -0.387. The summed E-state index contributed by atoms with van der Waals surface area (Å²) in [5.74, 6) is 0.492. The summed E-state index contributed by atoms with van der Waals surface area (Å²) < 4.78 is 28.2. The van der Waals surface area contributed by atoms with Gasteiger partial charge in [0.25, 0.3) is 5.69 Å². The first-order valence-electron chi connectivity index (χ1n) is 7.85. The number of fused-ring (bicyclic) bond motifs is 2. The third-order valence-corrected chi connectivity index (χ3v) is 7.96. The number of hydrogen-bond donors (Lipinski definition) is 1. The highest BCUT2D eigenvalue weighted by Crippen LogP contribution is 2.65. The van der Waals surface area contributed by atoms with E-state index in [2.05, 4.69) is 25.5 Å². The SMILES string of the molecule is CC1(C)[C@@H]2CC[C@@]1(C)[C@@H](NS(=O)(=O)c1ccccc1[N+](=O)[O-])C2. The fraction of sp³-hybridized carbons (Fsp3) is 0.625. The lowest BCUT2D eigenvalue weighted by Gasteiger charge is -2.39. The van der Waals surface area contributed by atoms with Crippen molar-refractivity contribution >= 4 is 15.7 Å². The average molecular weight is 338 g/mol. The molecule has 3 atom stereocenters. The van der Waals surface area contributed by atoms with Crippen LogP contribution >= 0.6 is 0 Å².